The van der Waals surface area contributed by atoms with Crippen LogP contribution in [-0.2, 0) is 16.6 Å². The van der Waals surface area contributed by atoms with Crippen LogP contribution in [0.15, 0.2) is 24.3 Å². The molecule has 1 amide bonds. The fourth-order valence-corrected chi connectivity index (χ4v) is 3.85. The fraction of sp³-hybridized carbons (Fsp3) is 0.471. The number of aromatic nitrogens is 2. The van der Waals surface area contributed by atoms with E-state index in [-0.39, 0.29) is 11.7 Å². The lowest BCUT2D eigenvalue weighted by atomic mass is 9.64. The van der Waals surface area contributed by atoms with Gasteiger partial charge in [0.05, 0.1) is 5.41 Å². The number of rotatable bonds is 5. The van der Waals surface area contributed by atoms with E-state index in [2.05, 4.69) is 29.4 Å². The lowest BCUT2D eigenvalue weighted by molar-refractivity contribution is -0.124. The smallest absolute Gasteiger partial charge is 0.236 e. The number of nitrogens with one attached hydrogen (secondary N) is 1. The first-order valence-electron chi connectivity index (χ1n) is 7.89. The largest absolute Gasteiger partial charge is 0.300 e. The number of hydrogen-bond donors (Lipinski definition) is 1. The summed E-state index contributed by atoms with van der Waals surface area (Å²) in [4.78, 5) is 12.8. The van der Waals surface area contributed by atoms with Gasteiger partial charge in [0, 0.05) is 6.42 Å². The molecule has 1 aliphatic rings. The lowest BCUT2D eigenvalue weighted by Gasteiger charge is -2.40. The second-order valence-corrected chi connectivity index (χ2v) is 7.56. The van der Waals surface area contributed by atoms with Gasteiger partial charge in [-0.3, -0.25) is 10.1 Å². The summed E-state index contributed by atoms with van der Waals surface area (Å²) in [6.07, 6.45) is 3.42. The van der Waals surface area contributed by atoms with Gasteiger partial charge in [0.25, 0.3) is 0 Å². The zero-order chi connectivity index (χ0) is 16.4. The summed E-state index contributed by atoms with van der Waals surface area (Å²) in [5.74, 6) is 0.150. The third-order valence-electron chi connectivity index (χ3n) is 4.31. The Balaban J connectivity index is 1.75. The SMILES string of the molecule is CC(C)Cc1nnc(NC(=O)C2(c3ccc(F)cc3)CCC2)s1. The lowest BCUT2D eigenvalue weighted by Crippen LogP contribution is -2.46. The molecule has 1 heterocycles. The predicted octanol–water partition coefficient (Wildman–Crippen LogP) is 3.94. The van der Waals surface area contributed by atoms with Gasteiger partial charge in [-0.15, -0.1) is 10.2 Å². The molecule has 1 aromatic carbocycles. The summed E-state index contributed by atoms with van der Waals surface area (Å²) in [5, 5.41) is 12.6. The molecule has 0 spiro atoms. The van der Waals surface area contributed by atoms with Gasteiger partial charge in [-0.25, -0.2) is 4.39 Å². The summed E-state index contributed by atoms with van der Waals surface area (Å²) in [6, 6.07) is 6.24. The Hall–Kier alpha value is -1.82. The number of halogens is 1. The number of hydrogen-bond acceptors (Lipinski definition) is 4. The minimum absolute atomic E-state index is 0.0670. The van der Waals surface area contributed by atoms with Crippen molar-refractivity contribution in [3.05, 3.63) is 40.7 Å². The minimum atomic E-state index is -0.558. The van der Waals surface area contributed by atoms with Gasteiger partial charge >= 0.3 is 0 Å². The van der Waals surface area contributed by atoms with Gasteiger partial charge in [0.1, 0.15) is 10.8 Å². The molecule has 23 heavy (non-hydrogen) atoms. The Morgan fingerprint density at radius 1 is 1.30 bits per heavy atom. The first-order chi connectivity index (χ1) is 11.0. The molecule has 0 bridgehead atoms. The van der Waals surface area contributed by atoms with Crippen molar-refractivity contribution in [3.63, 3.8) is 0 Å². The van der Waals surface area contributed by atoms with Crippen molar-refractivity contribution >= 4 is 22.4 Å². The van der Waals surface area contributed by atoms with Crippen LogP contribution in [0.1, 0.15) is 43.7 Å². The van der Waals surface area contributed by atoms with Gasteiger partial charge in [-0.1, -0.05) is 43.7 Å². The van der Waals surface area contributed by atoms with Gasteiger partial charge in [-0.2, -0.15) is 0 Å². The van der Waals surface area contributed by atoms with Crippen LogP contribution in [-0.4, -0.2) is 16.1 Å². The molecular formula is C17H20FN3OS. The quantitative estimate of drug-likeness (QED) is 0.902. The zero-order valence-corrected chi connectivity index (χ0v) is 14.1. The molecule has 0 unspecified atom stereocenters. The van der Waals surface area contributed by atoms with E-state index in [1.807, 2.05) is 0 Å². The Morgan fingerprint density at radius 2 is 2.00 bits per heavy atom. The second-order valence-electron chi connectivity index (χ2n) is 6.50. The molecular weight excluding hydrogens is 313 g/mol. The first-order valence-corrected chi connectivity index (χ1v) is 8.71. The average molecular weight is 333 g/mol. The van der Waals surface area contributed by atoms with Gasteiger partial charge in [0.15, 0.2) is 0 Å². The summed E-state index contributed by atoms with van der Waals surface area (Å²) < 4.78 is 13.1. The van der Waals surface area contributed by atoms with Crippen LogP contribution in [0.2, 0.25) is 0 Å². The molecule has 122 valence electrons. The maximum Gasteiger partial charge on any atom is 0.236 e. The van der Waals surface area contributed by atoms with Crippen molar-refractivity contribution in [1.82, 2.24) is 10.2 Å². The summed E-state index contributed by atoms with van der Waals surface area (Å²) in [7, 11) is 0. The second kappa shape index (κ2) is 6.35. The molecule has 1 N–H and O–H groups in total. The molecule has 3 rings (SSSR count). The third-order valence-corrected chi connectivity index (χ3v) is 5.17. The third kappa shape index (κ3) is 3.27. The standard InChI is InChI=1S/C17H20FN3OS/c1-11(2)10-14-20-21-16(23-14)19-15(22)17(8-3-9-17)12-4-6-13(18)7-5-12/h4-7,11H,3,8-10H2,1-2H3,(H,19,21,22). The Bertz CT molecular complexity index is 692. The van der Waals surface area contributed by atoms with Crippen molar-refractivity contribution in [1.29, 1.82) is 0 Å². The molecule has 1 aliphatic carbocycles. The molecule has 0 saturated heterocycles. The Labute approximate surface area is 139 Å². The summed E-state index contributed by atoms with van der Waals surface area (Å²) in [5.41, 5.74) is 0.312. The fourth-order valence-electron chi connectivity index (χ4n) is 2.90. The maximum absolute atomic E-state index is 13.1. The van der Waals surface area contributed by atoms with Crippen LogP contribution in [0.25, 0.3) is 0 Å². The van der Waals surface area contributed by atoms with Gasteiger partial charge in [0.2, 0.25) is 11.0 Å². The van der Waals surface area contributed by atoms with E-state index < -0.39 is 5.41 Å². The molecule has 0 radical (unpaired) electrons. The van der Waals surface area contributed by atoms with E-state index in [1.54, 1.807) is 12.1 Å². The van der Waals surface area contributed by atoms with Crippen LogP contribution in [0, 0.1) is 11.7 Å². The highest BCUT2D eigenvalue weighted by atomic mass is 32.1. The van der Waals surface area contributed by atoms with E-state index in [4.69, 9.17) is 0 Å². The van der Waals surface area contributed by atoms with E-state index in [9.17, 15) is 9.18 Å². The van der Waals surface area contributed by atoms with Crippen molar-refractivity contribution in [2.75, 3.05) is 5.32 Å². The Kier molecular flexibility index (Phi) is 4.43. The first kappa shape index (κ1) is 16.1. The van der Waals surface area contributed by atoms with Crippen LogP contribution in [0.4, 0.5) is 9.52 Å². The molecule has 0 aliphatic heterocycles. The molecule has 1 aromatic heterocycles. The van der Waals surface area contributed by atoms with Crippen LogP contribution in [0.3, 0.4) is 0 Å². The van der Waals surface area contributed by atoms with E-state index >= 15 is 0 Å². The average Bonchev–Trinajstić information content (AvgIpc) is 2.86. The molecule has 4 nitrogen and oxygen atoms in total. The predicted molar refractivity (Wildman–Crippen MR) is 89.0 cm³/mol. The molecule has 0 atom stereocenters. The van der Waals surface area contributed by atoms with Crippen molar-refractivity contribution in [2.45, 2.75) is 44.9 Å². The minimum Gasteiger partial charge on any atom is -0.300 e. The van der Waals surface area contributed by atoms with Gasteiger partial charge in [-0.05, 0) is 36.5 Å². The van der Waals surface area contributed by atoms with Gasteiger partial charge < -0.3 is 0 Å². The summed E-state index contributed by atoms with van der Waals surface area (Å²) >= 11 is 1.42. The highest BCUT2D eigenvalue weighted by Crippen LogP contribution is 2.44. The highest BCUT2D eigenvalue weighted by molar-refractivity contribution is 7.15. The topological polar surface area (TPSA) is 54.9 Å². The molecule has 1 saturated carbocycles. The number of anilines is 1. The monoisotopic (exact) mass is 333 g/mol. The van der Waals surface area contributed by atoms with Crippen LogP contribution in [0.5, 0.6) is 0 Å². The molecule has 2 aromatic rings. The van der Waals surface area contributed by atoms with Crippen LogP contribution >= 0.6 is 11.3 Å². The Morgan fingerprint density at radius 3 is 2.57 bits per heavy atom. The highest BCUT2D eigenvalue weighted by Gasteiger charge is 2.45. The molecule has 6 heteroatoms. The van der Waals surface area contributed by atoms with Crippen molar-refractivity contribution in [2.24, 2.45) is 5.92 Å². The van der Waals surface area contributed by atoms with Crippen molar-refractivity contribution in [3.8, 4) is 0 Å². The zero-order valence-electron chi connectivity index (χ0n) is 13.3. The van der Waals surface area contributed by atoms with Crippen molar-refractivity contribution < 1.29 is 9.18 Å². The number of amides is 1. The van der Waals surface area contributed by atoms with E-state index in [1.165, 1.54) is 23.5 Å². The number of benzene rings is 1. The number of carbonyl (C=O) groups excluding carboxylic acids is 1. The van der Waals surface area contributed by atoms with Crippen LogP contribution < -0.4 is 5.32 Å². The maximum atomic E-state index is 13.1. The van der Waals surface area contributed by atoms with E-state index in [0.29, 0.717) is 11.0 Å². The van der Waals surface area contributed by atoms with E-state index in [0.717, 1.165) is 36.3 Å². The molecule has 1 fully saturated rings. The normalized spacial score (nSPS) is 16.2. The number of carbonyl (C=O) groups is 1. The number of nitrogens with zero attached hydrogens (tertiary/aromatic N) is 2. The summed E-state index contributed by atoms with van der Waals surface area (Å²) in [6.45, 7) is 4.25.